The van der Waals surface area contributed by atoms with E-state index in [-0.39, 0.29) is 0 Å². The van der Waals surface area contributed by atoms with Crippen molar-refractivity contribution in [1.29, 1.82) is 0 Å². The van der Waals surface area contributed by atoms with Crippen LogP contribution in [0, 0.1) is 5.92 Å². The molecule has 0 aliphatic carbocycles. The maximum absolute atomic E-state index is 3.38. The van der Waals surface area contributed by atoms with Crippen LogP contribution >= 0.6 is 0 Å². The van der Waals surface area contributed by atoms with Crippen LogP contribution in [-0.4, -0.2) is 13.1 Å². The van der Waals surface area contributed by atoms with E-state index in [4.69, 9.17) is 0 Å². The number of hydrogen-bond donors (Lipinski definition) is 1. The molecule has 0 aliphatic heterocycles. The Morgan fingerprint density at radius 2 is 2.00 bits per heavy atom. The molecule has 72 valence electrons. The number of nitrogens with one attached hydrogen (secondary N) is 1. The van der Waals surface area contributed by atoms with Gasteiger partial charge in [0.15, 0.2) is 0 Å². The fourth-order valence-electron chi connectivity index (χ4n) is 0.939. The van der Waals surface area contributed by atoms with Crippen LogP contribution in [0.3, 0.4) is 0 Å². The van der Waals surface area contributed by atoms with Gasteiger partial charge in [0.1, 0.15) is 0 Å². The van der Waals surface area contributed by atoms with Crippen LogP contribution in [0.1, 0.15) is 40.5 Å². The summed E-state index contributed by atoms with van der Waals surface area (Å²) < 4.78 is 0. The molecule has 0 aromatic rings. The van der Waals surface area contributed by atoms with E-state index < -0.39 is 0 Å². The Balaban J connectivity index is 3.34. The van der Waals surface area contributed by atoms with Crippen molar-refractivity contribution in [2.24, 2.45) is 5.92 Å². The molecule has 0 aliphatic rings. The second-order valence-electron chi connectivity index (χ2n) is 3.64. The summed E-state index contributed by atoms with van der Waals surface area (Å²) in [6.07, 6.45) is 4.74. The fourth-order valence-corrected chi connectivity index (χ4v) is 0.939. The Morgan fingerprint density at radius 1 is 1.33 bits per heavy atom. The van der Waals surface area contributed by atoms with Crippen LogP contribution in [0.25, 0.3) is 0 Å². The zero-order valence-electron chi connectivity index (χ0n) is 8.98. The van der Waals surface area contributed by atoms with Gasteiger partial charge in [-0.1, -0.05) is 32.4 Å². The molecule has 0 amide bonds. The van der Waals surface area contributed by atoms with Crippen LogP contribution in [0.4, 0.5) is 0 Å². The van der Waals surface area contributed by atoms with Crippen molar-refractivity contribution >= 4 is 0 Å². The number of rotatable bonds is 6. The van der Waals surface area contributed by atoms with Crippen LogP contribution in [-0.2, 0) is 0 Å². The number of allylic oxidation sites excluding steroid dienone is 1. The van der Waals surface area contributed by atoms with Crippen LogP contribution in [0.15, 0.2) is 11.6 Å². The highest BCUT2D eigenvalue weighted by Gasteiger charge is 1.93. The molecular weight excluding hydrogens is 146 g/mol. The van der Waals surface area contributed by atoms with Gasteiger partial charge in [0.05, 0.1) is 0 Å². The van der Waals surface area contributed by atoms with Crippen molar-refractivity contribution < 1.29 is 0 Å². The van der Waals surface area contributed by atoms with Gasteiger partial charge in [-0.2, -0.15) is 0 Å². The molecule has 0 aromatic carbocycles. The van der Waals surface area contributed by atoms with Crippen LogP contribution in [0.2, 0.25) is 0 Å². The summed E-state index contributed by atoms with van der Waals surface area (Å²) in [6.45, 7) is 11.2. The van der Waals surface area contributed by atoms with Gasteiger partial charge < -0.3 is 5.32 Å². The van der Waals surface area contributed by atoms with E-state index in [1.807, 2.05) is 0 Å². The Bertz CT molecular complexity index is 125. The molecule has 0 fully saturated rings. The van der Waals surface area contributed by atoms with E-state index >= 15 is 0 Å². The van der Waals surface area contributed by atoms with Crippen molar-refractivity contribution in [3.05, 3.63) is 11.6 Å². The summed E-state index contributed by atoms with van der Waals surface area (Å²) in [7, 11) is 0. The van der Waals surface area contributed by atoms with Crippen molar-refractivity contribution in [1.82, 2.24) is 5.32 Å². The van der Waals surface area contributed by atoms with E-state index in [0.717, 1.165) is 13.1 Å². The first-order valence-electron chi connectivity index (χ1n) is 5.05. The van der Waals surface area contributed by atoms with Gasteiger partial charge in [0, 0.05) is 0 Å². The second kappa shape index (κ2) is 7.35. The molecule has 12 heavy (non-hydrogen) atoms. The maximum atomic E-state index is 3.38. The predicted molar refractivity (Wildman–Crippen MR) is 56.4 cm³/mol. The molecule has 0 aromatic heterocycles. The first-order chi connectivity index (χ1) is 5.68. The molecule has 0 radical (unpaired) electrons. The zero-order chi connectivity index (χ0) is 9.40. The van der Waals surface area contributed by atoms with Crippen LogP contribution < -0.4 is 5.32 Å². The van der Waals surface area contributed by atoms with Gasteiger partial charge in [-0.3, -0.25) is 0 Å². The van der Waals surface area contributed by atoms with Gasteiger partial charge >= 0.3 is 0 Å². The standard InChI is InChI=1S/C11H23N/c1-5-8-12-9-6-7-11(4)10(2)3/h7,10,12H,5-6,8-9H2,1-4H3. The fraction of sp³-hybridized carbons (Fsp3) is 0.818. The summed E-state index contributed by atoms with van der Waals surface area (Å²) >= 11 is 0. The zero-order valence-corrected chi connectivity index (χ0v) is 8.98. The lowest BCUT2D eigenvalue weighted by molar-refractivity contribution is 0.672. The summed E-state index contributed by atoms with van der Waals surface area (Å²) in [6, 6.07) is 0. The SMILES string of the molecule is CCCNCCC=C(C)C(C)C. The predicted octanol–water partition coefficient (Wildman–Crippen LogP) is 2.98. The van der Waals surface area contributed by atoms with E-state index in [2.05, 4.69) is 39.1 Å². The quantitative estimate of drug-likeness (QED) is 0.476. The molecule has 0 saturated heterocycles. The lowest BCUT2D eigenvalue weighted by atomic mass is 10.0. The highest BCUT2D eigenvalue weighted by molar-refractivity contribution is 5.00. The lowest BCUT2D eigenvalue weighted by Crippen LogP contribution is -2.15. The molecule has 1 nitrogen and oxygen atoms in total. The van der Waals surface area contributed by atoms with Crippen molar-refractivity contribution in [3.8, 4) is 0 Å². The van der Waals surface area contributed by atoms with Crippen molar-refractivity contribution in [3.63, 3.8) is 0 Å². The third-order valence-electron chi connectivity index (χ3n) is 2.12. The Hall–Kier alpha value is -0.300. The summed E-state index contributed by atoms with van der Waals surface area (Å²) in [5.41, 5.74) is 1.51. The molecule has 0 rings (SSSR count). The molecule has 1 heteroatoms. The van der Waals surface area contributed by atoms with E-state index in [1.54, 1.807) is 0 Å². The largest absolute Gasteiger partial charge is 0.316 e. The molecule has 0 heterocycles. The van der Waals surface area contributed by atoms with E-state index in [0.29, 0.717) is 5.92 Å². The van der Waals surface area contributed by atoms with E-state index in [1.165, 1.54) is 18.4 Å². The van der Waals surface area contributed by atoms with Crippen molar-refractivity contribution in [2.75, 3.05) is 13.1 Å². The van der Waals surface area contributed by atoms with Crippen molar-refractivity contribution in [2.45, 2.75) is 40.5 Å². The summed E-state index contributed by atoms with van der Waals surface area (Å²) in [5.74, 6) is 0.705. The topological polar surface area (TPSA) is 12.0 Å². The number of hydrogen-bond acceptors (Lipinski definition) is 1. The third kappa shape index (κ3) is 6.41. The van der Waals surface area contributed by atoms with Gasteiger partial charge in [0.2, 0.25) is 0 Å². The average Bonchev–Trinajstić information content (AvgIpc) is 2.03. The first kappa shape index (κ1) is 11.7. The monoisotopic (exact) mass is 169 g/mol. The minimum atomic E-state index is 0.705. The minimum absolute atomic E-state index is 0.705. The Kier molecular flexibility index (Phi) is 7.17. The molecule has 1 N–H and O–H groups in total. The molecule has 0 unspecified atom stereocenters. The van der Waals surface area contributed by atoms with Gasteiger partial charge in [0.25, 0.3) is 0 Å². The molecular formula is C11H23N. The van der Waals surface area contributed by atoms with Gasteiger partial charge in [-0.05, 0) is 38.8 Å². The second-order valence-corrected chi connectivity index (χ2v) is 3.64. The van der Waals surface area contributed by atoms with Gasteiger partial charge in [-0.25, -0.2) is 0 Å². The smallest absolute Gasteiger partial charge is 0.00142 e. The van der Waals surface area contributed by atoms with Gasteiger partial charge in [-0.15, -0.1) is 0 Å². The normalized spacial score (nSPS) is 12.6. The third-order valence-corrected chi connectivity index (χ3v) is 2.12. The minimum Gasteiger partial charge on any atom is -0.316 e. The van der Waals surface area contributed by atoms with E-state index in [9.17, 15) is 0 Å². The summed E-state index contributed by atoms with van der Waals surface area (Å²) in [5, 5.41) is 3.38. The average molecular weight is 169 g/mol. The Morgan fingerprint density at radius 3 is 2.50 bits per heavy atom. The highest BCUT2D eigenvalue weighted by atomic mass is 14.8. The molecule has 0 spiro atoms. The highest BCUT2D eigenvalue weighted by Crippen LogP contribution is 2.07. The summed E-state index contributed by atoms with van der Waals surface area (Å²) in [4.78, 5) is 0. The molecule has 0 saturated carbocycles. The maximum Gasteiger partial charge on any atom is -0.00142 e. The molecule has 0 bridgehead atoms. The van der Waals surface area contributed by atoms with Crippen LogP contribution in [0.5, 0.6) is 0 Å². The Labute approximate surface area is 77.2 Å². The molecule has 0 atom stereocenters. The first-order valence-corrected chi connectivity index (χ1v) is 5.05. The lowest BCUT2D eigenvalue weighted by Gasteiger charge is -2.05.